The minimum absolute atomic E-state index is 0.0291. The van der Waals surface area contributed by atoms with Crippen LogP contribution in [0.2, 0.25) is 0 Å². The van der Waals surface area contributed by atoms with Gasteiger partial charge in [0.05, 0.1) is 17.5 Å². The third kappa shape index (κ3) is 4.75. The number of piperidine rings is 1. The van der Waals surface area contributed by atoms with Crippen molar-refractivity contribution in [1.29, 1.82) is 0 Å². The summed E-state index contributed by atoms with van der Waals surface area (Å²) in [5, 5.41) is 2.93. The number of likely N-dealkylation sites (tertiary alicyclic amines) is 1. The molecule has 0 bridgehead atoms. The maximum absolute atomic E-state index is 12.7. The SMILES string of the molecule is CCN(CC)S(=O)(=O)c1cccc(NC(=O)C[NH+]2CCC[C@H]3CCCC[C@@H]32)c1. The van der Waals surface area contributed by atoms with Crippen LogP contribution < -0.4 is 10.2 Å². The minimum Gasteiger partial charge on any atom is -0.324 e. The summed E-state index contributed by atoms with van der Waals surface area (Å²) in [6, 6.07) is 7.22. The van der Waals surface area contributed by atoms with E-state index in [9.17, 15) is 13.2 Å². The van der Waals surface area contributed by atoms with Gasteiger partial charge in [0.2, 0.25) is 10.0 Å². The fourth-order valence-electron chi connectivity index (χ4n) is 4.95. The lowest BCUT2D eigenvalue weighted by molar-refractivity contribution is -0.928. The molecule has 1 heterocycles. The van der Waals surface area contributed by atoms with Gasteiger partial charge >= 0.3 is 0 Å². The molecule has 0 aromatic heterocycles. The van der Waals surface area contributed by atoms with Crippen LogP contribution in [0.25, 0.3) is 0 Å². The van der Waals surface area contributed by atoms with E-state index in [1.807, 2.05) is 13.8 Å². The fraction of sp³-hybridized carbons (Fsp3) is 0.667. The second-order valence-electron chi connectivity index (χ2n) is 8.04. The number of amides is 1. The first-order chi connectivity index (χ1) is 13.5. The van der Waals surface area contributed by atoms with E-state index in [0.29, 0.717) is 31.4 Å². The predicted molar refractivity (Wildman–Crippen MR) is 111 cm³/mol. The molecule has 0 spiro atoms. The fourth-order valence-corrected chi connectivity index (χ4v) is 6.45. The van der Waals surface area contributed by atoms with Gasteiger partial charge in [0.25, 0.3) is 5.91 Å². The molecular weight excluding hydrogens is 374 g/mol. The van der Waals surface area contributed by atoms with Crippen molar-refractivity contribution < 1.29 is 18.1 Å². The number of carbonyl (C=O) groups is 1. The molecule has 2 fully saturated rings. The van der Waals surface area contributed by atoms with Crippen LogP contribution in [0.15, 0.2) is 29.2 Å². The number of hydrogen-bond acceptors (Lipinski definition) is 3. The summed E-state index contributed by atoms with van der Waals surface area (Å²) in [6.07, 6.45) is 7.64. The molecule has 1 saturated carbocycles. The Morgan fingerprint density at radius 1 is 1.14 bits per heavy atom. The maximum atomic E-state index is 12.7. The van der Waals surface area contributed by atoms with Crippen molar-refractivity contribution in [3.05, 3.63) is 24.3 Å². The molecule has 1 aliphatic heterocycles. The Morgan fingerprint density at radius 3 is 2.61 bits per heavy atom. The molecule has 1 aromatic rings. The molecule has 6 nitrogen and oxygen atoms in total. The van der Waals surface area contributed by atoms with Crippen LogP contribution in [0, 0.1) is 5.92 Å². The molecule has 1 unspecified atom stereocenters. The Labute approximate surface area is 169 Å². The third-order valence-electron chi connectivity index (χ3n) is 6.35. The standard InChI is InChI=1S/C21H33N3O3S/c1-3-24(4-2)28(26,27)19-12-7-11-18(15-19)22-21(25)16-23-14-8-10-17-9-5-6-13-20(17)23/h7,11-12,15,17,20H,3-6,8-10,13-14,16H2,1-2H3,(H,22,25)/p+1/t17-,20+/m1/s1. The van der Waals surface area contributed by atoms with Gasteiger partial charge in [-0.1, -0.05) is 26.3 Å². The maximum Gasteiger partial charge on any atom is 0.279 e. The van der Waals surface area contributed by atoms with Crippen molar-refractivity contribution in [3.63, 3.8) is 0 Å². The Morgan fingerprint density at radius 2 is 1.86 bits per heavy atom. The van der Waals surface area contributed by atoms with Crippen molar-refractivity contribution in [2.45, 2.75) is 63.3 Å². The third-order valence-corrected chi connectivity index (χ3v) is 8.40. The normalized spacial score (nSPS) is 25.3. The summed E-state index contributed by atoms with van der Waals surface area (Å²) in [5.74, 6) is 0.742. The van der Waals surface area contributed by atoms with Crippen molar-refractivity contribution in [2.24, 2.45) is 5.92 Å². The molecule has 156 valence electrons. The van der Waals surface area contributed by atoms with E-state index in [1.165, 1.54) is 47.7 Å². The second kappa shape index (κ2) is 9.37. The molecule has 3 rings (SSSR count). The van der Waals surface area contributed by atoms with Gasteiger partial charge in [-0.2, -0.15) is 4.31 Å². The number of sulfonamides is 1. The summed E-state index contributed by atoms with van der Waals surface area (Å²) in [7, 11) is -3.53. The van der Waals surface area contributed by atoms with Crippen LogP contribution in [0.5, 0.6) is 0 Å². The van der Waals surface area contributed by atoms with E-state index in [-0.39, 0.29) is 10.8 Å². The molecule has 7 heteroatoms. The van der Waals surface area contributed by atoms with Crippen molar-refractivity contribution in [3.8, 4) is 0 Å². The van der Waals surface area contributed by atoms with Crippen LogP contribution >= 0.6 is 0 Å². The van der Waals surface area contributed by atoms with Crippen molar-refractivity contribution >= 4 is 21.6 Å². The number of quaternary nitrogens is 1. The number of carbonyl (C=O) groups excluding carboxylic acids is 1. The van der Waals surface area contributed by atoms with Crippen molar-refractivity contribution in [1.82, 2.24) is 4.31 Å². The number of anilines is 1. The molecule has 1 amide bonds. The number of benzene rings is 1. The van der Waals surface area contributed by atoms with E-state index < -0.39 is 10.0 Å². The monoisotopic (exact) mass is 408 g/mol. The number of hydrogen-bond donors (Lipinski definition) is 2. The van der Waals surface area contributed by atoms with Gasteiger partial charge in [0.1, 0.15) is 0 Å². The Hall–Kier alpha value is -1.44. The lowest BCUT2D eigenvalue weighted by atomic mass is 9.78. The van der Waals surface area contributed by atoms with Gasteiger partial charge in [0, 0.05) is 24.7 Å². The highest BCUT2D eigenvalue weighted by molar-refractivity contribution is 7.89. The first-order valence-electron chi connectivity index (χ1n) is 10.7. The molecule has 1 aliphatic carbocycles. The van der Waals surface area contributed by atoms with Crippen LogP contribution in [0.4, 0.5) is 5.69 Å². The van der Waals surface area contributed by atoms with Gasteiger partial charge in [-0.05, 0) is 50.3 Å². The zero-order valence-electron chi connectivity index (χ0n) is 17.1. The number of fused-ring (bicyclic) bond motifs is 1. The van der Waals surface area contributed by atoms with Gasteiger partial charge in [0.15, 0.2) is 6.54 Å². The molecule has 3 atom stereocenters. The van der Waals surface area contributed by atoms with Crippen LogP contribution in [-0.4, -0.2) is 50.9 Å². The largest absolute Gasteiger partial charge is 0.324 e. The first-order valence-corrected chi connectivity index (χ1v) is 12.1. The van der Waals surface area contributed by atoms with E-state index >= 15 is 0 Å². The zero-order valence-corrected chi connectivity index (χ0v) is 17.9. The summed E-state index contributed by atoms with van der Waals surface area (Å²) < 4.78 is 26.9. The lowest BCUT2D eigenvalue weighted by Gasteiger charge is -2.40. The predicted octanol–water partition coefficient (Wildman–Crippen LogP) is 1.89. The smallest absolute Gasteiger partial charge is 0.279 e. The summed E-state index contributed by atoms with van der Waals surface area (Å²) in [5.41, 5.74) is 0.551. The minimum atomic E-state index is -3.53. The van der Waals surface area contributed by atoms with Crippen LogP contribution in [-0.2, 0) is 14.8 Å². The Balaban J connectivity index is 1.66. The van der Waals surface area contributed by atoms with Gasteiger partial charge in [-0.25, -0.2) is 8.42 Å². The Bertz CT molecular complexity index is 775. The highest BCUT2D eigenvalue weighted by Gasteiger charge is 2.37. The number of nitrogens with zero attached hydrogens (tertiary/aromatic N) is 1. The molecule has 1 saturated heterocycles. The Kier molecular flexibility index (Phi) is 7.12. The molecular formula is C21H34N3O3S+. The molecule has 0 radical (unpaired) electrons. The molecule has 1 aromatic carbocycles. The summed E-state index contributed by atoms with van der Waals surface area (Å²) >= 11 is 0. The van der Waals surface area contributed by atoms with Crippen molar-refractivity contribution in [2.75, 3.05) is 31.5 Å². The number of nitrogens with one attached hydrogen (secondary N) is 2. The molecule has 28 heavy (non-hydrogen) atoms. The van der Waals surface area contributed by atoms with Crippen LogP contribution in [0.3, 0.4) is 0 Å². The molecule has 2 N–H and O–H groups in total. The lowest BCUT2D eigenvalue weighted by Crippen LogP contribution is -3.18. The average molecular weight is 409 g/mol. The van der Waals surface area contributed by atoms with Gasteiger partial charge in [-0.15, -0.1) is 0 Å². The van der Waals surface area contributed by atoms with E-state index in [1.54, 1.807) is 24.3 Å². The highest BCUT2D eigenvalue weighted by Crippen LogP contribution is 2.28. The van der Waals surface area contributed by atoms with Gasteiger partial charge < -0.3 is 10.2 Å². The van der Waals surface area contributed by atoms with Crippen LogP contribution in [0.1, 0.15) is 52.4 Å². The highest BCUT2D eigenvalue weighted by atomic mass is 32.2. The zero-order chi connectivity index (χ0) is 20.1. The topological polar surface area (TPSA) is 70.9 Å². The molecule has 2 aliphatic rings. The number of rotatable bonds is 7. The average Bonchev–Trinajstić information content (AvgIpc) is 2.69. The summed E-state index contributed by atoms with van der Waals surface area (Å²) in [6.45, 7) is 6.03. The second-order valence-corrected chi connectivity index (χ2v) is 9.98. The quantitative estimate of drug-likeness (QED) is 0.724. The van der Waals surface area contributed by atoms with E-state index in [0.717, 1.165) is 12.5 Å². The van der Waals surface area contributed by atoms with E-state index in [4.69, 9.17) is 0 Å². The summed E-state index contributed by atoms with van der Waals surface area (Å²) in [4.78, 5) is 14.3. The van der Waals surface area contributed by atoms with E-state index in [2.05, 4.69) is 5.32 Å². The van der Waals surface area contributed by atoms with Gasteiger partial charge in [-0.3, -0.25) is 4.79 Å². The first kappa shape index (κ1) is 21.3.